The van der Waals surface area contributed by atoms with Gasteiger partial charge in [-0.25, -0.2) is 18.1 Å². The Labute approximate surface area is 228 Å². The molecule has 10 nitrogen and oxygen atoms in total. The number of benzene rings is 1. The number of anilines is 3. The lowest BCUT2D eigenvalue weighted by atomic mass is 9.93. The van der Waals surface area contributed by atoms with Gasteiger partial charge in [-0.05, 0) is 73.6 Å². The number of piperidine rings is 2. The van der Waals surface area contributed by atoms with E-state index in [1.54, 1.807) is 12.1 Å². The van der Waals surface area contributed by atoms with Crippen LogP contribution in [0.25, 0.3) is 0 Å². The summed E-state index contributed by atoms with van der Waals surface area (Å²) in [7, 11) is -3.80. The van der Waals surface area contributed by atoms with E-state index in [1.807, 2.05) is 6.07 Å². The van der Waals surface area contributed by atoms with Crippen LogP contribution >= 0.6 is 0 Å². The van der Waals surface area contributed by atoms with Crippen molar-refractivity contribution in [1.29, 1.82) is 0 Å². The summed E-state index contributed by atoms with van der Waals surface area (Å²) < 4.78 is 34.0. The molecule has 0 bridgehead atoms. The van der Waals surface area contributed by atoms with Gasteiger partial charge in [0.1, 0.15) is 5.69 Å². The van der Waals surface area contributed by atoms with E-state index in [9.17, 15) is 13.2 Å². The maximum atomic E-state index is 13.6. The fourth-order valence-electron chi connectivity index (χ4n) is 6.47. The zero-order chi connectivity index (χ0) is 26.8. The van der Waals surface area contributed by atoms with Gasteiger partial charge >= 0.3 is 0 Å². The van der Waals surface area contributed by atoms with Crippen molar-refractivity contribution in [1.82, 2.24) is 9.71 Å². The van der Waals surface area contributed by atoms with Crippen LogP contribution in [0.15, 0.2) is 29.2 Å². The normalized spacial score (nSPS) is 24.3. The van der Waals surface area contributed by atoms with Gasteiger partial charge in [-0.3, -0.25) is 4.79 Å². The van der Waals surface area contributed by atoms with E-state index in [4.69, 9.17) is 14.8 Å². The molecule has 4 heterocycles. The minimum atomic E-state index is -3.80. The molecule has 3 aliphatic heterocycles. The van der Waals surface area contributed by atoms with Gasteiger partial charge in [0.05, 0.1) is 29.5 Å². The molecule has 2 aliphatic carbocycles. The second-order valence-electron chi connectivity index (χ2n) is 11.8. The van der Waals surface area contributed by atoms with Crippen LogP contribution in [-0.2, 0) is 16.4 Å². The van der Waals surface area contributed by atoms with Gasteiger partial charge in [0.15, 0.2) is 11.6 Å². The molecule has 1 amide bonds. The zero-order valence-electron chi connectivity index (χ0n) is 22.0. The van der Waals surface area contributed by atoms with Crippen molar-refractivity contribution in [2.45, 2.75) is 43.4 Å². The predicted octanol–water partition coefficient (Wildman–Crippen LogP) is 2.38. The van der Waals surface area contributed by atoms with E-state index in [-0.39, 0.29) is 24.0 Å². The third-order valence-electron chi connectivity index (χ3n) is 9.21. The van der Waals surface area contributed by atoms with Crippen molar-refractivity contribution in [2.75, 3.05) is 61.1 Å². The topological polar surface area (TPSA) is 124 Å². The Morgan fingerprint density at radius 3 is 2.59 bits per heavy atom. The van der Waals surface area contributed by atoms with E-state index in [0.717, 1.165) is 74.4 Å². The number of fused-ring (bicyclic) bond motifs is 2. The lowest BCUT2D eigenvalue weighted by molar-refractivity contribution is 0.102. The lowest BCUT2D eigenvalue weighted by Crippen LogP contribution is -2.35. The van der Waals surface area contributed by atoms with Crippen LogP contribution in [0.4, 0.5) is 17.2 Å². The van der Waals surface area contributed by atoms with Crippen LogP contribution in [0.1, 0.15) is 48.2 Å². The SMILES string of the molecule is O=C(Nc1ccc(S(=O)(=O)NCCO)cc1N1CCC2(CC1)CC2)c1cc2c(c(N3CC4CC4C3)n1)OCC2. The molecular weight excluding hydrogens is 518 g/mol. The van der Waals surface area contributed by atoms with Gasteiger partial charge in [0, 0.05) is 44.7 Å². The van der Waals surface area contributed by atoms with Crippen molar-refractivity contribution in [3.63, 3.8) is 0 Å². The van der Waals surface area contributed by atoms with E-state index >= 15 is 0 Å². The number of aliphatic hydroxyl groups is 1. The van der Waals surface area contributed by atoms with E-state index < -0.39 is 10.0 Å². The van der Waals surface area contributed by atoms with Crippen LogP contribution in [0, 0.1) is 17.3 Å². The molecule has 3 N–H and O–H groups in total. The third-order valence-corrected chi connectivity index (χ3v) is 10.7. The Bertz CT molecular complexity index is 1410. The average molecular weight is 554 g/mol. The van der Waals surface area contributed by atoms with Crippen molar-refractivity contribution >= 4 is 33.1 Å². The molecule has 2 saturated carbocycles. The Hall–Kier alpha value is -2.89. The fraction of sp³-hybridized carbons (Fsp3) is 0.571. The minimum absolute atomic E-state index is 0.0586. The first kappa shape index (κ1) is 25.1. The summed E-state index contributed by atoms with van der Waals surface area (Å²) in [5.74, 6) is 2.71. The second kappa shape index (κ2) is 9.35. The van der Waals surface area contributed by atoms with Crippen molar-refractivity contribution in [2.24, 2.45) is 17.3 Å². The number of nitrogens with zero attached hydrogens (tertiary/aromatic N) is 3. The summed E-state index contributed by atoms with van der Waals surface area (Å²) in [6, 6.07) is 6.61. The molecule has 1 spiro atoms. The smallest absolute Gasteiger partial charge is 0.274 e. The molecule has 208 valence electrons. The Morgan fingerprint density at radius 1 is 1.10 bits per heavy atom. The van der Waals surface area contributed by atoms with Gasteiger partial charge in [0.2, 0.25) is 10.0 Å². The number of carbonyl (C=O) groups excluding carboxylic acids is 1. The van der Waals surface area contributed by atoms with Gasteiger partial charge < -0.3 is 25.0 Å². The molecule has 2 aromatic rings. The van der Waals surface area contributed by atoms with E-state index in [1.165, 1.54) is 25.3 Å². The summed E-state index contributed by atoms with van der Waals surface area (Å²) in [5, 5.41) is 12.2. The highest BCUT2D eigenvalue weighted by Crippen LogP contribution is 2.54. The van der Waals surface area contributed by atoms with Crippen molar-refractivity contribution in [3.05, 3.63) is 35.5 Å². The number of hydrogen-bond acceptors (Lipinski definition) is 8. The molecule has 39 heavy (non-hydrogen) atoms. The largest absolute Gasteiger partial charge is 0.489 e. The summed E-state index contributed by atoms with van der Waals surface area (Å²) in [6.45, 7) is 3.79. The first-order valence-corrected chi connectivity index (χ1v) is 15.6. The number of ether oxygens (including phenoxy) is 1. The number of nitrogens with one attached hydrogen (secondary N) is 2. The summed E-state index contributed by atoms with van der Waals surface area (Å²) >= 11 is 0. The average Bonchev–Trinajstić information content (AvgIpc) is 3.76. The quantitative estimate of drug-likeness (QED) is 0.455. The number of pyridine rings is 1. The Kier molecular flexibility index (Phi) is 6.02. The number of amides is 1. The van der Waals surface area contributed by atoms with Crippen LogP contribution in [0.2, 0.25) is 0 Å². The number of aliphatic hydroxyl groups excluding tert-OH is 1. The first-order valence-electron chi connectivity index (χ1n) is 14.1. The molecule has 7 rings (SSSR count). The lowest BCUT2D eigenvalue weighted by Gasteiger charge is -2.35. The summed E-state index contributed by atoms with van der Waals surface area (Å²) in [4.78, 5) is 22.9. The molecular formula is C28H35N5O5S. The fourth-order valence-corrected chi connectivity index (χ4v) is 7.51. The van der Waals surface area contributed by atoms with Gasteiger partial charge in [-0.15, -0.1) is 0 Å². The standard InChI is InChI=1S/C28H35N5O5S/c34-11-8-29-39(36,37)21-1-2-22(24(15-21)32-9-6-28(4-5-28)7-10-32)31-27(35)23-14-18-3-12-38-25(18)26(30-23)33-16-19-13-20(19)17-33/h1-2,14-15,19-20,29,34H,3-13,16-17H2,(H,31,35). The van der Waals surface area contributed by atoms with Crippen molar-refractivity contribution < 1.29 is 23.1 Å². The van der Waals surface area contributed by atoms with Crippen LogP contribution < -0.4 is 24.6 Å². The monoisotopic (exact) mass is 553 g/mol. The highest BCUT2D eigenvalue weighted by atomic mass is 32.2. The second-order valence-corrected chi connectivity index (χ2v) is 13.6. The first-order chi connectivity index (χ1) is 18.8. The Balaban J connectivity index is 1.18. The number of hydrogen-bond donors (Lipinski definition) is 3. The van der Waals surface area contributed by atoms with Crippen molar-refractivity contribution in [3.8, 4) is 5.75 Å². The van der Waals surface area contributed by atoms with Gasteiger partial charge in [-0.2, -0.15) is 0 Å². The maximum absolute atomic E-state index is 13.6. The number of sulfonamides is 1. The van der Waals surface area contributed by atoms with E-state index in [0.29, 0.717) is 29.1 Å². The van der Waals surface area contributed by atoms with Crippen LogP contribution in [0.3, 0.4) is 0 Å². The highest BCUT2D eigenvalue weighted by molar-refractivity contribution is 7.89. The molecule has 4 fully saturated rings. The number of rotatable bonds is 8. The van der Waals surface area contributed by atoms with Gasteiger partial charge in [0.25, 0.3) is 5.91 Å². The molecule has 0 radical (unpaired) electrons. The molecule has 2 unspecified atom stereocenters. The van der Waals surface area contributed by atoms with Crippen LogP contribution in [-0.4, -0.2) is 70.4 Å². The minimum Gasteiger partial charge on any atom is -0.489 e. The maximum Gasteiger partial charge on any atom is 0.274 e. The number of aromatic nitrogens is 1. The summed E-state index contributed by atoms with van der Waals surface area (Å²) in [6.07, 6.45) is 6.68. The molecule has 5 aliphatic rings. The molecule has 11 heteroatoms. The predicted molar refractivity (Wildman–Crippen MR) is 147 cm³/mol. The molecule has 2 saturated heterocycles. The molecule has 1 aromatic carbocycles. The molecule has 2 atom stereocenters. The summed E-state index contributed by atoms with van der Waals surface area (Å²) in [5.41, 5.74) is 3.06. The van der Waals surface area contributed by atoms with Crippen LogP contribution in [0.5, 0.6) is 5.75 Å². The zero-order valence-corrected chi connectivity index (χ0v) is 22.8. The molecule has 1 aromatic heterocycles. The highest BCUT2D eigenvalue weighted by Gasteiger charge is 2.47. The van der Waals surface area contributed by atoms with Gasteiger partial charge in [-0.1, -0.05) is 0 Å². The van der Waals surface area contributed by atoms with E-state index in [2.05, 4.69) is 19.8 Å². The third kappa shape index (κ3) is 4.74. The Morgan fingerprint density at radius 2 is 1.87 bits per heavy atom. The number of carbonyl (C=O) groups is 1.